The van der Waals surface area contributed by atoms with Gasteiger partial charge in [-0.15, -0.1) is 0 Å². The number of nitrogens with one attached hydrogen (secondary N) is 5. The van der Waals surface area contributed by atoms with E-state index in [1.165, 1.54) is 4.90 Å². The standard InChI is InChI=1S/C36H56N8O7/c1-8-21(4)30(34(49)40-26(16-20(2)3)32(47)43-38)42-33(48)28-14-11-15-44(28)35(50)27(18-29(45)51-36(5,6)7)41-31(46)24(37)17-22-19-39-25-13-10-9-12-23(22)25/h9-10,12-13,19-21,24,26-28,30,39H,8,11,14-18,37-38H2,1-7H3,(H,40,49)(H,41,46)(H,42,48)(H,43,47)/t21-,24-,26+,27-,28+,30-/m1/s1. The van der Waals surface area contributed by atoms with Gasteiger partial charge in [0.05, 0.1) is 12.5 Å². The molecule has 0 radical (unpaired) electrons. The van der Waals surface area contributed by atoms with Gasteiger partial charge in [0.1, 0.15) is 29.8 Å². The second-order valence-corrected chi connectivity index (χ2v) is 14.8. The minimum Gasteiger partial charge on any atom is -0.460 e. The fourth-order valence-corrected chi connectivity index (χ4v) is 6.18. The van der Waals surface area contributed by atoms with Crippen LogP contribution in [-0.2, 0) is 39.9 Å². The van der Waals surface area contributed by atoms with E-state index >= 15 is 0 Å². The number of H-pyrrole nitrogens is 1. The number of hydrogen-bond donors (Lipinski definition) is 7. The Bertz CT molecular complexity index is 1550. The van der Waals surface area contributed by atoms with E-state index < -0.39 is 77.7 Å². The van der Waals surface area contributed by atoms with Crippen LogP contribution in [0.15, 0.2) is 30.5 Å². The first-order valence-electron chi connectivity index (χ1n) is 17.7. The summed E-state index contributed by atoms with van der Waals surface area (Å²) in [5.41, 5.74) is 9.26. The van der Waals surface area contributed by atoms with Crippen molar-refractivity contribution in [3.63, 3.8) is 0 Å². The average molecular weight is 713 g/mol. The molecule has 0 aliphatic carbocycles. The number of carbonyl (C=O) groups excluding carboxylic acids is 6. The van der Waals surface area contributed by atoms with Crippen molar-refractivity contribution in [1.82, 2.24) is 31.3 Å². The highest BCUT2D eigenvalue weighted by atomic mass is 16.6. The highest BCUT2D eigenvalue weighted by Gasteiger charge is 2.41. The molecule has 282 valence electrons. The van der Waals surface area contributed by atoms with Crippen molar-refractivity contribution in [3.8, 4) is 0 Å². The van der Waals surface area contributed by atoms with Crippen molar-refractivity contribution in [1.29, 1.82) is 0 Å². The van der Waals surface area contributed by atoms with Crippen LogP contribution in [0, 0.1) is 11.8 Å². The van der Waals surface area contributed by atoms with Gasteiger partial charge in [-0.05, 0) is 69.9 Å². The summed E-state index contributed by atoms with van der Waals surface area (Å²) in [5, 5.41) is 9.10. The molecule has 9 N–H and O–H groups in total. The number of ether oxygens (including phenoxy) is 1. The van der Waals surface area contributed by atoms with Gasteiger partial charge in [0, 0.05) is 23.6 Å². The van der Waals surface area contributed by atoms with Gasteiger partial charge in [0.15, 0.2) is 0 Å². The van der Waals surface area contributed by atoms with Crippen LogP contribution in [0.3, 0.4) is 0 Å². The van der Waals surface area contributed by atoms with Crippen molar-refractivity contribution in [2.24, 2.45) is 23.4 Å². The third-order valence-corrected chi connectivity index (χ3v) is 8.97. The van der Waals surface area contributed by atoms with E-state index in [0.717, 1.165) is 16.5 Å². The summed E-state index contributed by atoms with van der Waals surface area (Å²) in [4.78, 5) is 84.7. The van der Waals surface area contributed by atoms with Gasteiger partial charge in [-0.2, -0.15) is 0 Å². The number of rotatable bonds is 16. The number of aromatic nitrogens is 1. The zero-order chi connectivity index (χ0) is 38.0. The number of para-hydroxylation sites is 1. The first-order chi connectivity index (χ1) is 23.9. The number of nitrogens with two attached hydrogens (primary N) is 2. The molecule has 1 aromatic heterocycles. The zero-order valence-electron chi connectivity index (χ0n) is 30.8. The summed E-state index contributed by atoms with van der Waals surface area (Å²) in [7, 11) is 0. The molecule has 15 nitrogen and oxygen atoms in total. The van der Waals surface area contributed by atoms with Gasteiger partial charge in [0.2, 0.25) is 23.6 Å². The van der Waals surface area contributed by atoms with Gasteiger partial charge in [-0.3, -0.25) is 34.2 Å². The molecule has 1 saturated heterocycles. The number of likely N-dealkylation sites (tertiary alicyclic amines) is 1. The Morgan fingerprint density at radius 1 is 0.980 bits per heavy atom. The van der Waals surface area contributed by atoms with E-state index in [4.69, 9.17) is 16.3 Å². The first-order valence-corrected chi connectivity index (χ1v) is 17.7. The van der Waals surface area contributed by atoms with Crippen LogP contribution < -0.4 is 33.0 Å². The minimum absolute atomic E-state index is 0.0690. The highest BCUT2D eigenvalue weighted by Crippen LogP contribution is 2.22. The zero-order valence-corrected chi connectivity index (χ0v) is 30.8. The van der Waals surface area contributed by atoms with Gasteiger partial charge < -0.3 is 36.3 Å². The summed E-state index contributed by atoms with van der Waals surface area (Å²) in [6.07, 6.45) is 3.10. The first kappa shape index (κ1) is 40.9. The van der Waals surface area contributed by atoms with Gasteiger partial charge in [-0.25, -0.2) is 5.84 Å². The number of hydrogen-bond acceptors (Lipinski definition) is 9. The molecule has 1 aliphatic rings. The van der Waals surface area contributed by atoms with Crippen LogP contribution in [-0.4, -0.2) is 87.7 Å². The second-order valence-electron chi connectivity index (χ2n) is 14.8. The fraction of sp³-hybridized carbons (Fsp3) is 0.611. The van der Waals surface area contributed by atoms with Crippen molar-refractivity contribution >= 4 is 46.4 Å². The minimum atomic E-state index is -1.37. The van der Waals surface area contributed by atoms with E-state index in [2.05, 4.69) is 26.4 Å². The summed E-state index contributed by atoms with van der Waals surface area (Å²) in [6.45, 7) is 12.7. The normalized spacial score (nSPS) is 17.6. The lowest BCUT2D eigenvalue weighted by Crippen LogP contribution is -2.60. The number of benzene rings is 1. The largest absolute Gasteiger partial charge is 0.460 e. The fourth-order valence-electron chi connectivity index (χ4n) is 6.18. The molecule has 15 heteroatoms. The molecular weight excluding hydrogens is 656 g/mol. The van der Waals surface area contributed by atoms with E-state index in [1.54, 1.807) is 33.9 Å². The summed E-state index contributed by atoms with van der Waals surface area (Å²) in [6, 6.07) is 2.27. The average Bonchev–Trinajstić information content (AvgIpc) is 3.72. The Balaban J connectivity index is 1.80. The molecule has 2 heterocycles. The summed E-state index contributed by atoms with van der Waals surface area (Å²) in [5.74, 6) is 1.42. The van der Waals surface area contributed by atoms with E-state index in [1.807, 2.05) is 45.0 Å². The molecule has 0 saturated carbocycles. The molecule has 1 fully saturated rings. The second kappa shape index (κ2) is 18.1. The molecule has 2 aromatic rings. The molecule has 5 amide bonds. The number of esters is 1. The third-order valence-electron chi connectivity index (χ3n) is 8.97. The monoisotopic (exact) mass is 712 g/mol. The molecule has 1 aromatic carbocycles. The maximum atomic E-state index is 14.1. The Kier molecular flexibility index (Phi) is 14.5. The smallest absolute Gasteiger partial charge is 0.308 e. The Morgan fingerprint density at radius 3 is 2.27 bits per heavy atom. The molecule has 3 rings (SSSR count). The SMILES string of the molecule is CC[C@@H](C)[C@@H](NC(=O)[C@@H]1CCCN1C(=O)[C@@H](CC(=O)OC(C)(C)C)NC(=O)[C@H](N)Cc1c[nH]c2ccccc12)C(=O)N[C@@H](CC(C)C)C(=O)NN. The van der Waals surface area contributed by atoms with Crippen molar-refractivity contribution in [3.05, 3.63) is 36.0 Å². The van der Waals surface area contributed by atoms with Crippen molar-refractivity contribution < 1.29 is 33.5 Å². The molecule has 51 heavy (non-hydrogen) atoms. The number of hydrazine groups is 1. The topological polar surface area (TPSA) is 231 Å². The summed E-state index contributed by atoms with van der Waals surface area (Å²) < 4.78 is 5.47. The lowest BCUT2D eigenvalue weighted by Gasteiger charge is -2.32. The van der Waals surface area contributed by atoms with Gasteiger partial charge in [0.25, 0.3) is 5.91 Å². The maximum Gasteiger partial charge on any atom is 0.308 e. The van der Waals surface area contributed by atoms with Gasteiger partial charge >= 0.3 is 5.97 Å². The van der Waals surface area contributed by atoms with Gasteiger partial charge in [-0.1, -0.05) is 52.3 Å². The molecule has 0 bridgehead atoms. The van der Waals surface area contributed by atoms with E-state index in [9.17, 15) is 28.8 Å². The van der Waals surface area contributed by atoms with Crippen LogP contribution in [0.25, 0.3) is 10.9 Å². The molecule has 6 atom stereocenters. The Labute approximate surface area is 299 Å². The van der Waals surface area contributed by atoms with E-state index in [-0.39, 0.29) is 24.8 Å². The van der Waals surface area contributed by atoms with Crippen LogP contribution >= 0.6 is 0 Å². The van der Waals surface area contributed by atoms with E-state index in [0.29, 0.717) is 25.7 Å². The molecule has 0 unspecified atom stereocenters. The highest BCUT2D eigenvalue weighted by molar-refractivity contribution is 5.97. The number of nitrogens with zero attached hydrogens (tertiary/aromatic N) is 1. The van der Waals surface area contributed by atoms with Crippen molar-refractivity contribution in [2.75, 3.05) is 6.54 Å². The number of carbonyl (C=O) groups is 6. The molecule has 1 aliphatic heterocycles. The third kappa shape index (κ3) is 11.5. The van der Waals surface area contributed by atoms with Crippen LogP contribution in [0.1, 0.15) is 86.1 Å². The van der Waals surface area contributed by atoms with Crippen LogP contribution in [0.5, 0.6) is 0 Å². The number of amides is 5. The van der Waals surface area contributed by atoms with Crippen molar-refractivity contribution in [2.45, 2.75) is 123 Å². The lowest BCUT2D eigenvalue weighted by atomic mass is 9.96. The van der Waals surface area contributed by atoms with Crippen LogP contribution in [0.2, 0.25) is 0 Å². The predicted molar refractivity (Wildman–Crippen MR) is 192 cm³/mol. The predicted octanol–water partition coefficient (Wildman–Crippen LogP) is 1.30. The quantitative estimate of drug-likeness (QED) is 0.0575. The number of aromatic amines is 1. The maximum absolute atomic E-state index is 14.1. The summed E-state index contributed by atoms with van der Waals surface area (Å²) >= 11 is 0. The Morgan fingerprint density at radius 2 is 1.65 bits per heavy atom. The van der Waals surface area contributed by atoms with Crippen LogP contribution in [0.4, 0.5) is 0 Å². The Hall–Kier alpha value is -4.50. The molecule has 0 spiro atoms. The number of fused-ring (bicyclic) bond motifs is 1. The molecular formula is C36H56N8O7. The lowest BCUT2D eigenvalue weighted by molar-refractivity contribution is -0.157.